The van der Waals surface area contributed by atoms with E-state index in [9.17, 15) is 14.3 Å². The van der Waals surface area contributed by atoms with Crippen molar-refractivity contribution in [3.63, 3.8) is 0 Å². The standard InChI is InChI=1S/C21H24FN5O3/c1-3-27-20-14(9-23-27)7-19-24-17(20)8-15(28)10-30-11-18(25-21(29)26-19)13-5-4-12(2)16(22)6-13/h4-7,9,15,18,28H,3,8,10-11H2,1-2H3,(H2,24,25,26,29)/t15-,18-/m1/s1. The van der Waals surface area contributed by atoms with Crippen molar-refractivity contribution in [1.29, 1.82) is 0 Å². The third-order valence-electron chi connectivity index (χ3n) is 5.16. The largest absolute Gasteiger partial charge is 0.390 e. The van der Waals surface area contributed by atoms with Crippen molar-refractivity contribution in [2.45, 2.75) is 39.0 Å². The molecule has 158 valence electrons. The van der Waals surface area contributed by atoms with Crippen LogP contribution < -0.4 is 10.6 Å². The molecule has 0 spiro atoms. The molecule has 0 fully saturated rings. The number of pyridine rings is 1. The number of aromatic nitrogens is 3. The number of aryl methyl sites for hydroxylation is 2. The van der Waals surface area contributed by atoms with Crippen molar-refractivity contribution in [1.82, 2.24) is 20.1 Å². The molecule has 3 aromatic rings. The normalized spacial score (nSPS) is 20.2. The number of carbonyl (C=O) groups is 1. The number of carbonyl (C=O) groups excluding carboxylic acids is 1. The lowest BCUT2D eigenvalue weighted by Crippen LogP contribution is -2.36. The highest BCUT2D eigenvalue weighted by Gasteiger charge is 2.21. The van der Waals surface area contributed by atoms with Gasteiger partial charge in [-0.15, -0.1) is 0 Å². The SMILES string of the molecule is CCn1ncc2cc3nc(c21)C[C@@H](O)COC[C@H](c1ccc(C)c(F)c1)NC(=O)N3. The summed E-state index contributed by atoms with van der Waals surface area (Å²) in [6.45, 7) is 4.46. The minimum atomic E-state index is -0.790. The first kappa shape index (κ1) is 20.2. The third kappa shape index (κ3) is 4.12. The van der Waals surface area contributed by atoms with Crippen LogP contribution in [0.3, 0.4) is 0 Å². The first-order valence-corrected chi connectivity index (χ1v) is 9.89. The van der Waals surface area contributed by atoms with Crippen molar-refractivity contribution in [2.24, 2.45) is 0 Å². The molecule has 0 unspecified atom stereocenters. The van der Waals surface area contributed by atoms with Crippen LogP contribution >= 0.6 is 0 Å². The van der Waals surface area contributed by atoms with Crippen LogP contribution in [0.25, 0.3) is 10.9 Å². The van der Waals surface area contributed by atoms with Crippen molar-refractivity contribution in [3.05, 3.63) is 53.1 Å². The number of ether oxygens (including phenoxy) is 1. The van der Waals surface area contributed by atoms with E-state index in [1.807, 2.05) is 11.6 Å². The summed E-state index contributed by atoms with van der Waals surface area (Å²) in [5.74, 6) is -0.00117. The Hall–Kier alpha value is -3.04. The second kappa shape index (κ2) is 8.37. The molecular weight excluding hydrogens is 389 g/mol. The molecule has 0 aliphatic carbocycles. The Balaban J connectivity index is 1.67. The predicted octanol–water partition coefficient (Wildman–Crippen LogP) is 2.70. The van der Waals surface area contributed by atoms with Crippen molar-refractivity contribution in [2.75, 3.05) is 18.5 Å². The van der Waals surface area contributed by atoms with Crippen LogP contribution in [0.1, 0.15) is 29.8 Å². The van der Waals surface area contributed by atoms with Gasteiger partial charge in [0.2, 0.25) is 0 Å². The van der Waals surface area contributed by atoms with E-state index in [0.29, 0.717) is 29.2 Å². The Morgan fingerprint density at radius 2 is 2.17 bits per heavy atom. The maximum atomic E-state index is 14.0. The smallest absolute Gasteiger partial charge is 0.320 e. The van der Waals surface area contributed by atoms with Gasteiger partial charge in [0.25, 0.3) is 0 Å². The van der Waals surface area contributed by atoms with E-state index >= 15 is 0 Å². The number of nitrogens with one attached hydrogen (secondary N) is 2. The molecule has 4 rings (SSSR count). The van der Waals surface area contributed by atoms with Crippen molar-refractivity contribution < 1.29 is 19.0 Å². The Morgan fingerprint density at radius 3 is 2.93 bits per heavy atom. The summed E-state index contributed by atoms with van der Waals surface area (Å²) in [6, 6.07) is 5.46. The number of fused-ring (bicyclic) bond motifs is 4. The van der Waals surface area contributed by atoms with E-state index < -0.39 is 18.2 Å². The first-order chi connectivity index (χ1) is 14.4. The van der Waals surface area contributed by atoms with E-state index in [0.717, 1.165) is 10.9 Å². The van der Waals surface area contributed by atoms with Crippen LogP contribution in [0, 0.1) is 12.7 Å². The molecule has 8 nitrogen and oxygen atoms in total. The quantitative estimate of drug-likeness (QED) is 0.600. The van der Waals surface area contributed by atoms with E-state index in [4.69, 9.17) is 4.74 Å². The molecule has 9 heteroatoms. The average Bonchev–Trinajstić information content (AvgIpc) is 3.12. The van der Waals surface area contributed by atoms with Gasteiger partial charge in [0.15, 0.2) is 0 Å². The molecule has 1 aliphatic heterocycles. The average molecular weight is 413 g/mol. The molecule has 2 aromatic heterocycles. The fraction of sp³-hybridized carbons (Fsp3) is 0.381. The number of aliphatic hydroxyl groups is 1. The Kier molecular flexibility index (Phi) is 5.65. The van der Waals surface area contributed by atoms with Gasteiger partial charge in [0.05, 0.1) is 42.8 Å². The van der Waals surface area contributed by atoms with Gasteiger partial charge in [-0.05, 0) is 37.1 Å². The first-order valence-electron chi connectivity index (χ1n) is 9.89. The highest BCUT2D eigenvalue weighted by molar-refractivity contribution is 5.92. The fourth-order valence-corrected chi connectivity index (χ4v) is 3.61. The summed E-state index contributed by atoms with van der Waals surface area (Å²) in [6.07, 6.45) is 1.17. The number of amides is 2. The summed E-state index contributed by atoms with van der Waals surface area (Å²) in [4.78, 5) is 17.2. The van der Waals surface area contributed by atoms with Gasteiger partial charge in [-0.1, -0.05) is 12.1 Å². The number of anilines is 1. The summed E-state index contributed by atoms with van der Waals surface area (Å²) in [5.41, 5.74) is 2.56. The summed E-state index contributed by atoms with van der Waals surface area (Å²) in [7, 11) is 0. The highest BCUT2D eigenvalue weighted by atomic mass is 19.1. The topological polar surface area (TPSA) is 101 Å². The summed E-state index contributed by atoms with van der Waals surface area (Å²) < 4.78 is 21.5. The summed E-state index contributed by atoms with van der Waals surface area (Å²) in [5, 5.41) is 21.2. The van der Waals surface area contributed by atoms with Crippen LogP contribution in [-0.2, 0) is 17.7 Å². The monoisotopic (exact) mass is 413 g/mol. The van der Waals surface area contributed by atoms with E-state index in [1.54, 1.807) is 31.3 Å². The minimum Gasteiger partial charge on any atom is -0.390 e. The molecule has 1 aliphatic rings. The minimum absolute atomic E-state index is 0.0573. The molecule has 2 atom stereocenters. The Morgan fingerprint density at radius 1 is 1.33 bits per heavy atom. The zero-order valence-electron chi connectivity index (χ0n) is 16.9. The number of hydrogen-bond donors (Lipinski definition) is 3. The number of benzene rings is 1. The lowest BCUT2D eigenvalue weighted by molar-refractivity contribution is 0.0283. The van der Waals surface area contributed by atoms with Crippen LogP contribution in [-0.4, -0.2) is 45.2 Å². The van der Waals surface area contributed by atoms with Crippen molar-refractivity contribution >= 4 is 22.8 Å². The zero-order valence-corrected chi connectivity index (χ0v) is 16.9. The molecule has 1 aromatic carbocycles. The van der Waals surface area contributed by atoms with Crippen LogP contribution in [0.15, 0.2) is 30.5 Å². The molecule has 2 amide bonds. The fourth-order valence-electron chi connectivity index (χ4n) is 3.61. The number of urea groups is 1. The molecule has 2 bridgehead atoms. The van der Waals surface area contributed by atoms with Gasteiger partial charge < -0.3 is 15.2 Å². The maximum Gasteiger partial charge on any atom is 0.320 e. The number of hydrogen-bond acceptors (Lipinski definition) is 5. The molecule has 0 saturated carbocycles. The number of aliphatic hydroxyl groups excluding tert-OH is 1. The molecule has 30 heavy (non-hydrogen) atoms. The molecule has 0 radical (unpaired) electrons. The van der Waals surface area contributed by atoms with Gasteiger partial charge in [-0.25, -0.2) is 14.2 Å². The van der Waals surface area contributed by atoms with E-state index in [-0.39, 0.29) is 25.5 Å². The highest BCUT2D eigenvalue weighted by Crippen LogP contribution is 2.24. The molecule has 3 heterocycles. The lowest BCUT2D eigenvalue weighted by Gasteiger charge is -2.22. The Bertz CT molecular complexity index is 1080. The van der Waals surface area contributed by atoms with Gasteiger partial charge in [0, 0.05) is 18.4 Å². The summed E-state index contributed by atoms with van der Waals surface area (Å²) >= 11 is 0. The number of halogens is 1. The van der Waals surface area contributed by atoms with Crippen molar-refractivity contribution in [3.8, 4) is 0 Å². The van der Waals surface area contributed by atoms with Gasteiger partial charge in [0.1, 0.15) is 11.6 Å². The maximum absolute atomic E-state index is 14.0. The molecule has 3 N–H and O–H groups in total. The second-order valence-electron chi connectivity index (χ2n) is 7.41. The number of nitrogens with zero attached hydrogens (tertiary/aromatic N) is 3. The van der Waals surface area contributed by atoms with E-state index in [1.165, 1.54) is 6.07 Å². The second-order valence-corrected chi connectivity index (χ2v) is 7.41. The molecule has 0 saturated heterocycles. The van der Waals surface area contributed by atoms with Gasteiger partial charge >= 0.3 is 6.03 Å². The van der Waals surface area contributed by atoms with Crippen LogP contribution in [0.4, 0.5) is 15.0 Å². The molecular formula is C21H24FN5O3. The van der Waals surface area contributed by atoms with Gasteiger partial charge in [-0.2, -0.15) is 5.10 Å². The number of rotatable bonds is 2. The Labute approximate surface area is 173 Å². The van der Waals surface area contributed by atoms with E-state index in [2.05, 4.69) is 20.7 Å². The zero-order chi connectivity index (χ0) is 21.3. The predicted molar refractivity (Wildman–Crippen MR) is 110 cm³/mol. The van der Waals surface area contributed by atoms with Crippen LogP contribution in [0.2, 0.25) is 0 Å². The lowest BCUT2D eigenvalue weighted by atomic mass is 10.1. The third-order valence-corrected chi connectivity index (χ3v) is 5.16. The van der Waals surface area contributed by atoms with Crippen LogP contribution in [0.5, 0.6) is 0 Å². The van der Waals surface area contributed by atoms with Gasteiger partial charge in [-0.3, -0.25) is 10.00 Å².